The number of anilines is 1. The highest BCUT2D eigenvalue weighted by Crippen LogP contribution is 2.43. The second-order valence-electron chi connectivity index (χ2n) is 9.20. The third kappa shape index (κ3) is 3.46. The molecule has 0 amide bonds. The van der Waals surface area contributed by atoms with Crippen LogP contribution in [0.2, 0.25) is 18.1 Å². The van der Waals surface area contributed by atoms with E-state index in [-0.39, 0.29) is 22.8 Å². The van der Waals surface area contributed by atoms with Crippen LogP contribution in [0.5, 0.6) is 0 Å². The van der Waals surface area contributed by atoms with Crippen molar-refractivity contribution in [2.24, 2.45) is 5.92 Å². The maximum Gasteiger partial charge on any atom is 0.312 e. The molecular formula is C19H30FN5O2Si. The molecule has 0 bridgehead atoms. The van der Waals surface area contributed by atoms with Crippen LogP contribution in [0, 0.1) is 12.0 Å². The topological polar surface area (TPSA) is 88.1 Å². The third-order valence-electron chi connectivity index (χ3n) is 6.26. The van der Waals surface area contributed by atoms with E-state index in [0.717, 1.165) is 0 Å². The summed E-state index contributed by atoms with van der Waals surface area (Å²) in [7, 11) is -1.93. The zero-order valence-corrected chi connectivity index (χ0v) is 18.5. The van der Waals surface area contributed by atoms with Gasteiger partial charge in [-0.2, -0.15) is 14.4 Å². The number of aromatic nitrogens is 4. The summed E-state index contributed by atoms with van der Waals surface area (Å²) in [5.74, 6) is -0.0340. The van der Waals surface area contributed by atoms with Gasteiger partial charge in [0.15, 0.2) is 19.8 Å². The first-order valence-corrected chi connectivity index (χ1v) is 12.4. The second-order valence-corrected chi connectivity index (χ2v) is 14.0. The number of rotatable bonds is 5. The van der Waals surface area contributed by atoms with Crippen LogP contribution in [0.4, 0.5) is 10.2 Å². The summed E-state index contributed by atoms with van der Waals surface area (Å²) in [6.45, 7) is 18.0. The van der Waals surface area contributed by atoms with Crippen molar-refractivity contribution in [2.45, 2.75) is 57.5 Å². The van der Waals surface area contributed by atoms with Crippen molar-refractivity contribution in [1.29, 1.82) is 0 Å². The van der Waals surface area contributed by atoms with E-state index >= 15 is 0 Å². The van der Waals surface area contributed by atoms with Crippen molar-refractivity contribution in [3.8, 4) is 0 Å². The van der Waals surface area contributed by atoms with Crippen molar-refractivity contribution >= 4 is 25.3 Å². The Hall–Kier alpha value is -1.84. The molecule has 1 aliphatic heterocycles. The lowest BCUT2D eigenvalue weighted by molar-refractivity contribution is -0.0342. The minimum atomic E-state index is -1.93. The first-order chi connectivity index (χ1) is 12.9. The van der Waals surface area contributed by atoms with Crippen molar-refractivity contribution in [3.63, 3.8) is 0 Å². The zero-order chi connectivity index (χ0) is 20.9. The van der Waals surface area contributed by atoms with Crippen LogP contribution in [-0.2, 0) is 9.16 Å². The summed E-state index contributed by atoms with van der Waals surface area (Å²) in [5, 5.41) is 0.109. The number of halogens is 1. The maximum absolute atomic E-state index is 13.7. The number of nitrogens with zero attached hydrogens (tertiary/aromatic N) is 4. The molecule has 3 heterocycles. The van der Waals surface area contributed by atoms with Gasteiger partial charge in [0.05, 0.1) is 31.2 Å². The monoisotopic (exact) mass is 407 g/mol. The van der Waals surface area contributed by atoms with E-state index in [1.54, 1.807) is 10.9 Å². The van der Waals surface area contributed by atoms with E-state index in [1.165, 1.54) is 0 Å². The van der Waals surface area contributed by atoms with Crippen molar-refractivity contribution < 1.29 is 13.6 Å². The molecule has 2 N–H and O–H groups in total. The van der Waals surface area contributed by atoms with E-state index in [9.17, 15) is 4.39 Å². The number of ether oxygens (including phenoxy) is 1. The molecule has 1 saturated heterocycles. The Morgan fingerprint density at radius 1 is 1.46 bits per heavy atom. The van der Waals surface area contributed by atoms with Crippen LogP contribution in [0.3, 0.4) is 0 Å². The van der Waals surface area contributed by atoms with Crippen LogP contribution in [-0.4, -0.2) is 46.7 Å². The Morgan fingerprint density at radius 3 is 2.75 bits per heavy atom. The van der Waals surface area contributed by atoms with E-state index in [2.05, 4.69) is 55.4 Å². The maximum atomic E-state index is 13.7. The molecule has 9 heteroatoms. The van der Waals surface area contributed by atoms with Crippen molar-refractivity contribution in [2.75, 3.05) is 18.9 Å². The van der Waals surface area contributed by atoms with Crippen molar-refractivity contribution in [3.05, 3.63) is 25.1 Å². The normalized spacial score (nSPS) is 26.1. The van der Waals surface area contributed by atoms with Crippen LogP contribution in [0.1, 0.15) is 33.7 Å². The Morgan fingerprint density at radius 2 is 2.14 bits per heavy atom. The largest absolute Gasteiger partial charge is 0.414 e. The van der Waals surface area contributed by atoms with Gasteiger partial charge in [-0.1, -0.05) is 26.8 Å². The number of nitrogen functional groups attached to an aromatic ring is 1. The van der Waals surface area contributed by atoms with Crippen molar-refractivity contribution in [1.82, 2.24) is 19.5 Å². The predicted octanol–water partition coefficient (Wildman–Crippen LogP) is 3.70. The van der Waals surface area contributed by atoms with Gasteiger partial charge >= 0.3 is 6.08 Å². The Balaban J connectivity index is 1.89. The SMILES string of the molecule is C=C[C@H]1C(n2cnc3c(N)nc(F)nc32)CO[C@]1(C)CO[Si](C)(C)C(C)(C)C. The fourth-order valence-electron chi connectivity index (χ4n) is 3.37. The summed E-state index contributed by atoms with van der Waals surface area (Å²) in [5.41, 5.74) is 5.99. The standard InChI is InChI=1S/C19H30FN5O2Si/c1-8-12-13(25-11-22-14-15(21)23-17(20)24-16(14)25)9-26-19(12,5)10-27-28(6,7)18(2,3)4/h8,11-13H,1,9-10H2,2-7H3,(H2,21,23,24)/t12-,13?,19+/m0/s1. The van der Waals surface area contributed by atoms with Gasteiger partial charge in [-0.3, -0.25) is 0 Å². The van der Waals surface area contributed by atoms with Gasteiger partial charge in [-0.15, -0.1) is 6.58 Å². The molecule has 1 fully saturated rings. The van der Waals surface area contributed by atoms with E-state index in [0.29, 0.717) is 24.4 Å². The number of nitrogens with two attached hydrogens (primary N) is 1. The first-order valence-electron chi connectivity index (χ1n) is 9.45. The van der Waals surface area contributed by atoms with Gasteiger partial charge in [-0.05, 0) is 25.1 Å². The molecule has 2 aromatic rings. The highest BCUT2D eigenvalue weighted by molar-refractivity contribution is 6.74. The van der Waals surface area contributed by atoms with E-state index in [4.69, 9.17) is 14.9 Å². The fraction of sp³-hybridized carbons (Fsp3) is 0.632. The Labute approximate surface area is 166 Å². The van der Waals surface area contributed by atoms with Crippen LogP contribution in [0.25, 0.3) is 11.2 Å². The number of fused-ring (bicyclic) bond motifs is 1. The average Bonchev–Trinajstić information content (AvgIpc) is 3.13. The Kier molecular flexibility index (Phi) is 5.14. The minimum Gasteiger partial charge on any atom is -0.414 e. The van der Waals surface area contributed by atoms with E-state index in [1.807, 2.05) is 13.0 Å². The third-order valence-corrected chi connectivity index (χ3v) is 10.7. The molecule has 3 rings (SSSR count). The zero-order valence-electron chi connectivity index (χ0n) is 17.5. The summed E-state index contributed by atoms with van der Waals surface area (Å²) in [4.78, 5) is 11.7. The predicted molar refractivity (Wildman–Crippen MR) is 110 cm³/mol. The smallest absolute Gasteiger partial charge is 0.312 e. The van der Waals surface area contributed by atoms with Gasteiger partial charge in [-0.25, -0.2) is 4.98 Å². The molecule has 1 aliphatic rings. The molecule has 7 nitrogen and oxygen atoms in total. The second kappa shape index (κ2) is 6.89. The van der Waals surface area contributed by atoms with Gasteiger partial charge in [0, 0.05) is 5.92 Å². The lowest BCUT2D eigenvalue weighted by Gasteiger charge is -2.40. The van der Waals surface area contributed by atoms with Gasteiger partial charge in [0.1, 0.15) is 5.52 Å². The number of imidazole rings is 1. The average molecular weight is 408 g/mol. The highest BCUT2D eigenvalue weighted by atomic mass is 28.4. The lowest BCUT2D eigenvalue weighted by atomic mass is 9.86. The van der Waals surface area contributed by atoms with Gasteiger partial charge < -0.3 is 19.5 Å². The summed E-state index contributed by atoms with van der Waals surface area (Å²) in [6.07, 6.45) is 2.62. The minimum absolute atomic E-state index is 0.0272. The quantitative estimate of drug-likeness (QED) is 0.462. The molecule has 154 valence electrons. The molecule has 0 spiro atoms. The van der Waals surface area contributed by atoms with Crippen LogP contribution < -0.4 is 5.73 Å². The molecule has 0 aliphatic carbocycles. The number of hydrogen-bond acceptors (Lipinski definition) is 6. The first kappa shape index (κ1) is 20.9. The molecular weight excluding hydrogens is 377 g/mol. The van der Waals surface area contributed by atoms with Crippen LogP contribution >= 0.6 is 0 Å². The molecule has 2 aromatic heterocycles. The van der Waals surface area contributed by atoms with Gasteiger partial charge in [0.2, 0.25) is 0 Å². The Bertz CT molecular complexity index is 894. The van der Waals surface area contributed by atoms with Gasteiger partial charge in [0.25, 0.3) is 0 Å². The molecule has 0 saturated carbocycles. The summed E-state index contributed by atoms with van der Waals surface area (Å²) < 4.78 is 28.2. The molecule has 3 atom stereocenters. The van der Waals surface area contributed by atoms with Crippen LogP contribution in [0.15, 0.2) is 19.0 Å². The molecule has 0 radical (unpaired) electrons. The number of hydrogen-bond donors (Lipinski definition) is 1. The molecule has 28 heavy (non-hydrogen) atoms. The van der Waals surface area contributed by atoms with E-state index < -0.39 is 20.0 Å². The summed E-state index contributed by atoms with van der Waals surface area (Å²) in [6, 6.07) is -0.135. The lowest BCUT2D eigenvalue weighted by Crippen LogP contribution is -2.47. The molecule has 0 aromatic carbocycles. The fourth-order valence-corrected chi connectivity index (χ4v) is 4.45. The molecule has 1 unspecified atom stereocenters. The highest BCUT2D eigenvalue weighted by Gasteiger charge is 2.48. The summed E-state index contributed by atoms with van der Waals surface area (Å²) >= 11 is 0.